The van der Waals surface area contributed by atoms with Crippen LogP contribution < -0.4 is 10.0 Å². The van der Waals surface area contributed by atoms with Crippen LogP contribution in [0.1, 0.15) is 12.5 Å². The molecule has 0 radical (unpaired) electrons. The van der Waals surface area contributed by atoms with Crippen molar-refractivity contribution in [2.45, 2.75) is 19.1 Å². The number of nitrogens with one attached hydrogen (secondary N) is 2. The molecule has 0 bridgehead atoms. The first-order valence-corrected chi connectivity index (χ1v) is 6.73. The lowest BCUT2D eigenvalue weighted by Gasteiger charge is -2.14. The first-order valence-electron chi connectivity index (χ1n) is 5.18. The molecule has 1 atom stereocenters. The van der Waals surface area contributed by atoms with Crippen molar-refractivity contribution in [3.8, 4) is 0 Å². The minimum Gasteiger partial charge on any atom is -0.318 e. The molecule has 16 heavy (non-hydrogen) atoms. The van der Waals surface area contributed by atoms with Crippen LogP contribution in [0.5, 0.6) is 0 Å². The van der Waals surface area contributed by atoms with Gasteiger partial charge in [0, 0.05) is 12.2 Å². The topological polar surface area (TPSA) is 58.2 Å². The van der Waals surface area contributed by atoms with Crippen molar-refractivity contribution >= 4 is 15.7 Å². The van der Waals surface area contributed by atoms with Crippen LogP contribution in [0.15, 0.2) is 24.3 Å². The van der Waals surface area contributed by atoms with E-state index in [-0.39, 0.29) is 0 Å². The van der Waals surface area contributed by atoms with Crippen LogP contribution in [-0.4, -0.2) is 27.3 Å². The van der Waals surface area contributed by atoms with E-state index in [0.29, 0.717) is 12.2 Å². The summed E-state index contributed by atoms with van der Waals surface area (Å²) in [6.45, 7) is 4.03. The molecule has 0 heterocycles. The Morgan fingerprint density at radius 1 is 1.38 bits per heavy atom. The highest BCUT2D eigenvalue weighted by molar-refractivity contribution is 7.93. The zero-order valence-electron chi connectivity index (χ0n) is 9.82. The largest absolute Gasteiger partial charge is 0.318 e. The van der Waals surface area contributed by atoms with Crippen molar-refractivity contribution in [2.75, 3.05) is 18.3 Å². The van der Waals surface area contributed by atoms with Crippen LogP contribution in [0.2, 0.25) is 0 Å². The molecule has 5 heteroatoms. The molecule has 1 aromatic rings. The Balaban J connectivity index is 2.80. The Morgan fingerprint density at radius 2 is 2.06 bits per heavy atom. The van der Waals surface area contributed by atoms with Crippen LogP contribution in [0, 0.1) is 6.92 Å². The van der Waals surface area contributed by atoms with Gasteiger partial charge in [-0.25, -0.2) is 8.42 Å². The van der Waals surface area contributed by atoms with Crippen LogP contribution in [-0.2, 0) is 10.0 Å². The molecule has 0 spiro atoms. The van der Waals surface area contributed by atoms with Crippen molar-refractivity contribution in [3.05, 3.63) is 29.8 Å². The monoisotopic (exact) mass is 242 g/mol. The normalized spacial score (nSPS) is 13.4. The van der Waals surface area contributed by atoms with E-state index in [1.165, 1.54) is 0 Å². The fourth-order valence-corrected chi connectivity index (χ4v) is 2.41. The molecule has 0 aliphatic rings. The van der Waals surface area contributed by atoms with Crippen molar-refractivity contribution in [2.24, 2.45) is 0 Å². The van der Waals surface area contributed by atoms with E-state index in [0.717, 1.165) is 5.56 Å². The van der Waals surface area contributed by atoms with Gasteiger partial charge in [-0.2, -0.15) is 0 Å². The number of benzene rings is 1. The quantitative estimate of drug-likeness (QED) is 0.819. The summed E-state index contributed by atoms with van der Waals surface area (Å²) >= 11 is 0. The smallest absolute Gasteiger partial charge is 0.236 e. The fraction of sp³-hybridized carbons (Fsp3) is 0.455. The summed E-state index contributed by atoms with van der Waals surface area (Å²) in [7, 11) is -1.57. The second-order valence-electron chi connectivity index (χ2n) is 3.88. The maximum absolute atomic E-state index is 11.9. The van der Waals surface area contributed by atoms with Crippen molar-refractivity contribution in [1.29, 1.82) is 0 Å². The van der Waals surface area contributed by atoms with E-state index in [4.69, 9.17) is 0 Å². The van der Waals surface area contributed by atoms with Gasteiger partial charge in [-0.15, -0.1) is 0 Å². The van der Waals surface area contributed by atoms with Crippen LogP contribution in [0.3, 0.4) is 0 Å². The number of hydrogen-bond donors (Lipinski definition) is 2. The summed E-state index contributed by atoms with van der Waals surface area (Å²) in [5, 5.41) is 2.39. The zero-order chi connectivity index (χ0) is 12.2. The van der Waals surface area contributed by atoms with E-state index in [9.17, 15) is 8.42 Å². The molecule has 1 aromatic carbocycles. The third-order valence-electron chi connectivity index (χ3n) is 2.30. The fourth-order valence-electron chi connectivity index (χ4n) is 1.37. The number of hydrogen-bond acceptors (Lipinski definition) is 3. The molecule has 0 saturated heterocycles. The van der Waals surface area contributed by atoms with Crippen molar-refractivity contribution in [1.82, 2.24) is 5.32 Å². The zero-order valence-corrected chi connectivity index (χ0v) is 10.6. The Kier molecular flexibility index (Phi) is 4.32. The van der Waals surface area contributed by atoms with Gasteiger partial charge in [-0.05, 0) is 38.6 Å². The molecule has 0 fully saturated rings. The van der Waals surface area contributed by atoms with Crippen LogP contribution in [0.4, 0.5) is 5.69 Å². The number of anilines is 1. The van der Waals surface area contributed by atoms with Gasteiger partial charge in [-0.3, -0.25) is 4.72 Å². The van der Waals surface area contributed by atoms with Gasteiger partial charge in [0.2, 0.25) is 10.0 Å². The lowest BCUT2D eigenvalue weighted by Crippen LogP contribution is -2.33. The maximum Gasteiger partial charge on any atom is 0.236 e. The Hall–Kier alpha value is -1.07. The summed E-state index contributed by atoms with van der Waals surface area (Å²) in [4.78, 5) is 0. The van der Waals surface area contributed by atoms with E-state index in [1.807, 2.05) is 25.1 Å². The first kappa shape index (κ1) is 13.0. The second-order valence-corrected chi connectivity index (χ2v) is 5.98. The van der Waals surface area contributed by atoms with Gasteiger partial charge in [0.05, 0.1) is 5.25 Å². The van der Waals surface area contributed by atoms with E-state index >= 15 is 0 Å². The van der Waals surface area contributed by atoms with Crippen molar-refractivity contribution in [3.63, 3.8) is 0 Å². The molecule has 2 N–H and O–H groups in total. The maximum atomic E-state index is 11.9. The summed E-state index contributed by atoms with van der Waals surface area (Å²) in [5.41, 5.74) is 1.64. The summed E-state index contributed by atoms with van der Waals surface area (Å²) in [6.07, 6.45) is 0. The lowest BCUT2D eigenvalue weighted by atomic mass is 10.2. The predicted octanol–water partition coefficient (Wildman–Crippen LogP) is 1.34. The molecule has 1 unspecified atom stereocenters. The van der Waals surface area contributed by atoms with Crippen LogP contribution >= 0.6 is 0 Å². The van der Waals surface area contributed by atoms with Gasteiger partial charge >= 0.3 is 0 Å². The Labute approximate surface area is 97.1 Å². The average molecular weight is 242 g/mol. The third kappa shape index (κ3) is 3.50. The summed E-state index contributed by atoms with van der Waals surface area (Å²) in [6, 6.07) is 7.31. The minimum absolute atomic E-state index is 0.432. The Bertz CT molecular complexity index is 443. The third-order valence-corrected chi connectivity index (χ3v) is 4.05. The van der Waals surface area contributed by atoms with Gasteiger partial charge in [-0.1, -0.05) is 12.1 Å². The first-order chi connectivity index (χ1) is 7.45. The molecular weight excluding hydrogens is 224 g/mol. The van der Waals surface area contributed by atoms with Crippen LogP contribution in [0.25, 0.3) is 0 Å². The van der Waals surface area contributed by atoms with Crippen molar-refractivity contribution < 1.29 is 8.42 Å². The number of rotatable bonds is 5. The summed E-state index contributed by atoms with van der Waals surface area (Å²) < 4.78 is 26.3. The molecule has 90 valence electrons. The molecule has 0 amide bonds. The molecule has 0 aliphatic carbocycles. The van der Waals surface area contributed by atoms with Gasteiger partial charge < -0.3 is 5.32 Å². The molecule has 0 saturated carbocycles. The second kappa shape index (κ2) is 5.32. The van der Waals surface area contributed by atoms with Gasteiger partial charge in [0.1, 0.15) is 0 Å². The molecule has 4 nitrogen and oxygen atoms in total. The predicted molar refractivity (Wildman–Crippen MR) is 67.1 cm³/mol. The van der Waals surface area contributed by atoms with Gasteiger partial charge in [0.15, 0.2) is 0 Å². The standard InChI is InChI=1S/C11H18N2O2S/c1-9-5-4-6-11(7-9)13-16(14,15)10(2)8-12-3/h4-7,10,12-13H,8H2,1-3H3. The highest BCUT2D eigenvalue weighted by Crippen LogP contribution is 2.13. The Morgan fingerprint density at radius 3 is 2.62 bits per heavy atom. The SMILES string of the molecule is CNCC(C)S(=O)(=O)Nc1cccc(C)c1. The lowest BCUT2D eigenvalue weighted by molar-refractivity contribution is 0.584. The molecule has 1 rings (SSSR count). The number of aryl methyl sites for hydroxylation is 1. The molecular formula is C11H18N2O2S. The highest BCUT2D eigenvalue weighted by atomic mass is 32.2. The molecule has 0 aromatic heterocycles. The minimum atomic E-state index is -3.30. The van der Waals surface area contributed by atoms with E-state index < -0.39 is 15.3 Å². The van der Waals surface area contributed by atoms with E-state index in [1.54, 1.807) is 20.0 Å². The van der Waals surface area contributed by atoms with Gasteiger partial charge in [0.25, 0.3) is 0 Å². The highest BCUT2D eigenvalue weighted by Gasteiger charge is 2.19. The van der Waals surface area contributed by atoms with E-state index in [2.05, 4.69) is 10.0 Å². The number of sulfonamides is 1. The molecule has 0 aliphatic heterocycles. The average Bonchev–Trinajstić information content (AvgIpc) is 2.17. The summed E-state index contributed by atoms with van der Waals surface area (Å²) in [5.74, 6) is 0.